The molecule has 1 fully saturated rings. The molecular formula is C14H18N2O3S. The molecule has 0 bridgehead atoms. The average molecular weight is 294 g/mol. The smallest absolute Gasteiger partial charge is 0.233 e. The SMILES string of the molecule is CCOc1ccc(NC(=O)C[C@H]2SCCNC2=O)cc1. The van der Waals surface area contributed by atoms with Crippen LogP contribution >= 0.6 is 11.8 Å². The Kier molecular flexibility index (Phi) is 5.29. The van der Waals surface area contributed by atoms with Gasteiger partial charge in [0.05, 0.1) is 11.9 Å². The Balaban J connectivity index is 1.85. The first-order valence-electron chi connectivity index (χ1n) is 6.61. The summed E-state index contributed by atoms with van der Waals surface area (Å²) in [5.74, 6) is 1.42. The molecule has 1 atom stereocenters. The minimum atomic E-state index is -0.286. The number of amides is 2. The highest BCUT2D eigenvalue weighted by molar-refractivity contribution is 8.00. The maximum Gasteiger partial charge on any atom is 0.233 e. The van der Waals surface area contributed by atoms with E-state index in [1.807, 2.05) is 6.92 Å². The molecule has 1 aromatic rings. The van der Waals surface area contributed by atoms with E-state index in [0.717, 1.165) is 11.5 Å². The molecule has 5 nitrogen and oxygen atoms in total. The first kappa shape index (κ1) is 14.7. The number of carbonyl (C=O) groups excluding carboxylic acids is 2. The Hall–Kier alpha value is -1.69. The van der Waals surface area contributed by atoms with Gasteiger partial charge in [-0.1, -0.05) is 0 Å². The zero-order valence-corrected chi connectivity index (χ0v) is 12.2. The van der Waals surface area contributed by atoms with Crippen molar-refractivity contribution in [1.29, 1.82) is 0 Å². The summed E-state index contributed by atoms with van der Waals surface area (Å²) in [5, 5.41) is 5.27. The molecule has 0 aromatic heterocycles. The van der Waals surface area contributed by atoms with Crippen LogP contribution in [0.25, 0.3) is 0 Å². The van der Waals surface area contributed by atoms with E-state index in [4.69, 9.17) is 4.74 Å². The van der Waals surface area contributed by atoms with Gasteiger partial charge in [-0.05, 0) is 31.2 Å². The molecule has 1 aliphatic heterocycles. The maximum absolute atomic E-state index is 11.9. The van der Waals surface area contributed by atoms with Crippen LogP contribution in [0, 0.1) is 0 Å². The molecule has 0 unspecified atom stereocenters. The molecule has 108 valence electrons. The summed E-state index contributed by atoms with van der Waals surface area (Å²) in [7, 11) is 0. The lowest BCUT2D eigenvalue weighted by atomic mass is 10.2. The van der Waals surface area contributed by atoms with Crippen LogP contribution in [-0.4, -0.2) is 36.0 Å². The standard InChI is InChI=1S/C14H18N2O3S/c1-2-19-11-5-3-10(4-6-11)16-13(17)9-12-14(18)15-7-8-20-12/h3-6,12H,2,7-9H2,1H3,(H,15,18)(H,16,17)/t12-/m1/s1. The van der Waals surface area contributed by atoms with Crippen LogP contribution in [-0.2, 0) is 9.59 Å². The fourth-order valence-corrected chi connectivity index (χ4v) is 2.91. The predicted molar refractivity (Wildman–Crippen MR) is 80.1 cm³/mol. The van der Waals surface area contributed by atoms with Crippen molar-refractivity contribution in [2.45, 2.75) is 18.6 Å². The first-order chi connectivity index (χ1) is 9.69. The second-order valence-electron chi connectivity index (χ2n) is 4.36. The molecule has 0 radical (unpaired) electrons. The minimum absolute atomic E-state index is 0.0527. The zero-order valence-electron chi connectivity index (χ0n) is 11.3. The van der Waals surface area contributed by atoms with Gasteiger partial charge in [-0.3, -0.25) is 9.59 Å². The molecular weight excluding hydrogens is 276 g/mol. The molecule has 2 rings (SSSR count). The van der Waals surface area contributed by atoms with E-state index in [9.17, 15) is 9.59 Å². The average Bonchev–Trinajstić information content (AvgIpc) is 2.44. The van der Waals surface area contributed by atoms with Crippen LogP contribution in [0.3, 0.4) is 0 Å². The Bertz CT molecular complexity index is 476. The van der Waals surface area contributed by atoms with E-state index >= 15 is 0 Å². The quantitative estimate of drug-likeness (QED) is 0.866. The lowest BCUT2D eigenvalue weighted by Gasteiger charge is -2.20. The zero-order chi connectivity index (χ0) is 14.4. The van der Waals surface area contributed by atoms with Crippen LogP contribution in [0.15, 0.2) is 24.3 Å². The molecule has 6 heteroatoms. The molecule has 1 aromatic carbocycles. The number of anilines is 1. The van der Waals surface area contributed by atoms with Crippen molar-refractivity contribution in [2.24, 2.45) is 0 Å². The molecule has 2 amide bonds. The van der Waals surface area contributed by atoms with Gasteiger partial charge >= 0.3 is 0 Å². The number of hydrogen-bond acceptors (Lipinski definition) is 4. The van der Waals surface area contributed by atoms with Gasteiger partial charge in [0, 0.05) is 24.4 Å². The van der Waals surface area contributed by atoms with Gasteiger partial charge in [-0.25, -0.2) is 0 Å². The molecule has 1 aliphatic rings. The van der Waals surface area contributed by atoms with E-state index in [1.54, 1.807) is 24.3 Å². The fraction of sp³-hybridized carbons (Fsp3) is 0.429. The third kappa shape index (κ3) is 4.16. The van der Waals surface area contributed by atoms with Gasteiger partial charge in [-0.2, -0.15) is 0 Å². The van der Waals surface area contributed by atoms with E-state index in [1.165, 1.54) is 11.8 Å². The van der Waals surface area contributed by atoms with Crippen molar-refractivity contribution in [2.75, 3.05) is 24.2 Å². The second-order valence-corrected chi connectivity index (χ2v) is 5.67. The van der Waals surface area contributed by atoms with Crippen molar-refractivity contribution < 1.29 is 14.3 Å². The summed E-state index contributed by atoms with van der Waals surface area (Å²) in [4.78, 5) is 23.5. The van der Waals surface area contributed by atoms with Gasteiger partial charge in [0.1, 0.15) is 5.75 Å². The molecule has 0 spiro atoms. The summed E-state index contributed by atoms with van der Waals surface area (Å²) in [6, 6.07) is 7.19. The van der Waals surface area contributed by atoms with Crippen molar-refractivity contribution in [1.82, 2.24) is 5.32 Å². The second kappa shape index (κ2) is 7.19. The van der Waals surface area contributed by atoms with Gasteiger partial charge in [0.2, 0.25) is 11.8 Å². The molecule has 1 saturated heterocycles. The van der Waals surface area contributed by atoms with Gasteiger partial charge < -0.3 is 15.4 Å². The van der Waals surface area contributed by atoms with Crippen LogP contribution in [0.4, 0.5) is 5.69 Å². The topological polar surface area (TPSA) is 67.4 Å². The van der Waals surface area contributed by atoms with Crippen LogP contribution in [0.2, 0.25) is 0 Å². The first-order valence-corrected chi connectivity index (χ1v) is 7.66. The number of nitrogens with one attached hydrogen (secondary N) is 2. The summed E-state index contributed by atoms with van der Waals surface area (Å²) in [6.07, 6.45) is 0.198. The number of hydrogen-bond donors (Lipinski definition) is 2. The van der Waals surface area contributed by atoms with Crippen LogP contribution < -0.4 is 15.4 Å². The Morgan fingerprint density at radius 2 is 2.20 bits per heavy atom. The number of rotatable bonds is 5. The highest BCUT2D eigenvalue weighted by Crippen LogP contribution is 2.20. The van der Waals surface area contributed by atoms with E-state index in [-0.39, 0.29) is 23.5 Å². The summed E-state index contributed by atoms with van der Waals surface area (Å²) < 4.78 is 5.33. The maximum atomic E-state index is 11.9. The minimum Gasteiger partial charge on any atom is -0.494 e. The third-order valence-corrected chi connectivity index (χ3v) is 4.06. The van der Waals surface area contributed by atoms with Crippen molar-refractivity contribution in [3.05, 3.63) is 24.3 Å². The Labute approximate surface area is 122 Å². The lowest BCUT2D eigenvalue weighted by Crippen LogP contribution is -2.40. The van der Waals surface area contributed by atoms with E-state index < -0.39 is 0 Å². The van der Waals surface area contributed by atoms with Crippen molar-refractivity contribution >= 4 is 29.3 Å². The van der Waals surface area contributed by atoms with Gasteiger partial charge in [-0.15, -0.1) is 11.8 Å². The van der Waals surface area contributed by atoms with Crippen molar-refractivity contribution in [3.63, 3.8) is 0 Å². The largest absolute Gasteiger partial charge is 0.494 e. The number of ether oxygens (including phenoxy) is 1. The van der Waals surface area contributed by atoms with Crippen LogP contribution in [0.1, 0.15) is 13.3 Å². The van der Waals surface area contributed by atoms with Crippen molar-refractivity contribution in [3.8, 4) is 5.75 Å². The summed E-state index contributed by atoms with van der Waals surface area (Å²) in [5.41, 5.74) is 0.708. The molecule has 1 heterocycles. The van der Waals surface area contributed by atoms with Gasteiger partial charge in [0.15, 0.2) is 0 Å². The Morgan fingerprint density at radius 3 is 2.85 bits per heavy atom. The molecule has 0 aliphatic carbocycles. The molecule has 2 N–H and O–H groups in total. The number of thioether (sulfide) groups is 1. The Morgan fingerprint density at radius 1 is 1.45 bits per heavy atom. The van der Waals surface area contributed by atoms with Gasteiger partial charge in [0.25, 0.3) is 0 Å². The normalized spacial score (nSPS) is 18.2. The van der Waals surface area contributed by atoms with E-state index in [2.05, 4.69) is 10.6 Å². The summed E-state index contributed by atoms with van der Waals surface area (Å²) >= 11 is 1.53. The lowest BCUT2D eigenvalue weighted by molar-refractivity contribution is -0.123. The highest BCUT2D eigenvalue weighted by Gasteiger charge is 2.25. The number of benzene rings is 1. The fourth-order valence-electron chi connectivity index (χ4n) is 1.90. The molecule has 0 saturated carbocycles. The van der Waals surface area contributed by atoms with E-state index in [0.29, 0.717) is 18.8 Å². The monoisotopic (exact) mass is 294 g/mol. The predicted octanol–water partition coefficient (Wildman–Crippen LogP) is 1.65. The molecule has 20 heavy (non-hydrogen) atoms. The highest BCUT2D eigenvalue weighted by atomic mass is 32.2. The third-order valence-electron chi connectivity index (χ3n) is 2.83. The van der Waals surface area contributed by atoms with Crippen LogP contribution in [0.5, 0.6) is 5.75 Å². The summed E-state index contributed by atoms with van der Waals surface area (Å²) in [6.45, 7) is 3.21. The number of carbonyl (C=O) groups is 2.